The first-order valence-electron chi connectivity index (χ1n) is 4.57. The summed E-state index contributed by atoms with van der Waals surface area (Å²) in [6.45, 7) is 0. The number of hydrogen-bond donors (Lipinski definition) is 0. The van der Waals surface area contributed by atoms with Crippen molar-refractivity contribution in [3.8, 4) is 0 Å². The maximum absolute atomic E-state index is 12.1. The van der Waals surface area contributed by atoms with Crippen LogP contribution in [0, 0.1) is 0 Å². The first-order chi connectivity index (χ1) is 7.12. The molecule has 0 aromatic heterocycles. The Bertz CT molecular complexity index is 582. The molecule has 74 valence electrons. The van der Waals surface area contributed by atoms with Crippen molar-refractivity contribution in [1.29, 1.82) is 0 Å². The van der Waals surface area contributed by atoms with Gasteiger partial charge >= 0.3 is 0 Å². The lowest BCUT2D eigenvalue weighted by atomic mass is 10.1. The normalized spacial score (nSPS) is 17.3. The Morgan fingerprint density at radius 2 is 1.67 bits per heavy atom. The highest BCUT2D eigenvalue weighted by Gasteiger charge is 2.43. The number of ketones is 1. The van der Waals surface area contributed by atoms with Crippen LogP contribution in [0.2, 0.25) is 0 Å². The maximum atomic E-state index is 12.1. The number of benzene rings is 2. The predicted molar refractivity (Wildman–Crippen MR) is 67.8 cm³/mol. The number of alkyl halides is 2. The fourth-order valence-corrected chi connectivity index (χ4v) is 3.17. The summed E-state index contributed by atoms with van der Waals surface area (Å²) in [6, 6.07) is 11.8. The minimum atomic E-state index is -0.733. The van der Waals surface area contributed by atoms with Gasteiger partial charge in [0.2, 0.25) is 0 Å². The molecule has 0 unspecified atom stereocenters. The minimum Gasteiger partial charge on any atom is -0.291 e. The smallest absolute Gasteiger partial charge is 0.195 e. The van der Waals surface area contributed by atoms with E-state index < -0.39 is 3.23 Å². The molecule has 0 fully saturated rings. The molecule has 2 aromatic rings. The summed E-state index contributed by atoms with van der Waals surface area (Å²) in [7, 11) is 0. The predicted octanol–water partition coefficient (Wildman–Crippen LogP) is 3.98. The summed E-state index contributed by atoms with van der Waals surface area (Å²) in [5.41, 5.74) is 1.79. The highest BCUT2D eigenvalue weighted by Crippen LogP contribution is 2.50. The molecule has 1 nitrogen and oxygen atoms in total. The van der Waals surface area contributed by atoms with Gasteiger partial charge in [-0.15, -0.1) is 0 Å². The second kappa shape index (κ2) is 2.92. The number of hydrogen-bond acceptors (Lipinski definition) is 1. The summed E-state index contributed by atoms with van der Waals surface area (Å²) >= 11 is 6.90. The van der Waals surface area contributed by atoms with Crippen LogP contribution in [-0.2, 0) is 3.23 Å². The van der Waals surface area contributed by atoms with E-state index in [4.69, 9.17) is 0 Å². The number of Topliss-reactive ketones (excluding diaryl/α,β-unsaturated/α-hetero) is 1. The lowest BCUT2D eigenvalue weighted by Crippen LogP contribution is -2.15. The van der Waals surface area contributed by atoms with Crippen molar-refractivity contribution in [3.63, 3.8) is 0 Å². The molecular weight excluding hydrogens is 320 g/mol. The number of rotatable bonds is 0. The molecule has 0 amide bonds. The van der Waals surface area contributed by atoms with Gasteiger partial charge in [-0.25, -0.2) is 0 Å². The van der Waals surface area contributed by atoms with Crippen molar-refractivity contribution in [2.45, 2.75) is 3.23 Å². The van der Waals surface area contributed by atoms with Crippen LogP contribution in [-0.4, -0.2) is 5.78 Å². The van der Waals surface area contributed by atoms with E-state index in [-0.39, 0.29) is 5.78 Å². The van der Waals surface area contributed by atoms with Gasteiger partial charge in [-0.3, -0.25) is 4.79 Å². The van der Waals surface area contributed by atoms with E-state index in [1.54, 1.807) is 0 Å². The van der Waals surface area contributed by atoms with Crippen LogP contribution in [0.4, 0.5) is 0 Å². The quantitative estimate of drug-likeness (QED) is 0.670. The van der Waals surface area contributed by atoms with Crippen molar-refractivity contribution >= 4 is 48.4 Å². The Labute approximate surface area is 104 Å². The van der Waals surface area contributed by atoms with Crippen LogP contribution in [0.25, 0.3) is 10.8 Å². The summed E-state index contributed by atoms with van der Waals surface area (Å²) in [5, 5.41) is 2.16. The van der Waals surface area contributed by atoms with Gasteiger partial charge in [0.15, 0.2) is 9.02 Å². The summed E-state index contributed by atoms with van der Waals surface area (Å²) < 4.78 is -0.733. The molecule has 0 N–H and O–H groups in total. The molecule has 2 aromatic carbocycles. The molecule has 3 heteroatoms. The van der Waals surface area contributed by atoms with E-state index in [0.29, 0.717) is 0 Å². The molecule has 1 aliphatic rings. The third-order valence-corrected chi connectivity index (χ3v) is 4.35. The molecule has 0 radical (unpaired) electrons. The highest BCUT2D eigenvalue weighted by atomic mass is 79.9. The van der Waals surface area contributed by atoms with Crippen LogP contribution in [0.1, 0.15) is 15.9 Å². The van der Waals surface area contributed by atoms with Crippen LogP contribution < -0.4 is 0 Å². The number of carbonyl (C=O) groups is 1. The van der Waals surface area contributed by atoms with Crippen molar-refractivity contribution in [1.82, 2.24) is 0 Å². The van der Waals surface area contributed by atoms with Gasteiger partial charge in [0.25, 0.3) is 0 Å². The molecule has 0 saturated carbocycles. The van der Waals surface area contributed by atoms with Gasteiger partial charge in [-0.1, -0.05) is 68.3 Å². The molecule has 0 spiro atoms. The molecule has 3 rings (SSSR count). The molecule has 0 aliphatic heterocycles. The first kappa shape index (κ1) is 9.55. The van der Waals surface area contributed by atoms with E-state index in [1.807, 2.05) is 36.4 Å². The molecule has 15 heavy (non-hydrogen) atoms. The monoisotopic (exact) mass is 324 g/mol. The Morgan fingerprint density at radius 1 is 1.00 bits per heavy atom. The lowest BCUT2D eigenvalue weighted by Gasteiger charge is -2.12. The Hall–Kier alpha value is -0.670. The van der Waals surface area contributed by atoms with Gasteiger partial charge in [0.1, 0.15) is 0 Å². The molecular formula is C12H6Br2O. The van der Waals surface area contributed by atoms with Crippen molar-refractivity contribution in [3.05, 3.63) is 47.5 Å². The fraction of sp³-hybridized carbons (Fsp3) is 0.0833. The van der Waals surface area contributed by atoms with E-state index in [1.165, 1.54) is 0 Å². The SMILES string of the molecule is O=C1c2cccc3cccc(c23)C1(Br)Br. The van der Waals surface area contributed by atoms with Gasteiger partial charge in [0, 0.05) is 5.56 Å². The third kappa shape index (κ3) is 1.11. The second-order valence-corrected chi connectivity index (χ2v) is 7.06. The van der Waals surface area contributed by atoms with Gasteiger partial charge in [-0.2, -0.15) is 0 Å². The second-order valence-electron chi connectivity index (χ2n) is 3.61. The van der Waals surface area contributed by atoms with Crippen molar-refractivity contribution < 1.29 is 4.79 Å². The zero-order chi connectivity index (χ0) is 10.6. The molecule has 0 heterocycles. The Morgan fingerprint density at radius 3 is 2.40 bits per heavy atom. The zero-order valence-electron chi connectivity index (χ0n) is 7.63. The van der Waals surface area contributed by atoms with Crippen LogP contribution in [0.5, 0.6) is 0 Å². The number of halogens is 2. The molecule has 1 aliphatic carbocycles. The summed E-state index contributed by atoms with van der Waals surface area (Å²) in [5.74, 6) is 0.0781. The standard InChI is InChI=1S/C12H6Br2O/c13-12(14)9-6-2-4-7-3-1-5-8(10(7)9)11(12)15/h1-6H. The highest BCUT2D eigenvalue weighted by molar-refractivity contribution is 9.25. The number of carbonyl (C=O) groups excluding carboxylic acids is 1. The van der Waals surface area contributed by atoms with E-state index in [2.05, 4.69) is 31.9 Å². The average Bonchev–Trinajstić information content (AvgIpc) is 2.43. The third-order valence-electron chi connectivity index (χ3n) is 2.77. The largest absolute Gasteiger partial charge is 0.291 e. The van der Waals surface area contributed by atoms with E-state index >= 15 is 0 Å². The van der Waals surface area contributed by atoms with Gasteiger partial charge in [0.05, 0.1) is 0 Å². The van der Waals surface area contributed by atoms with Gasteiger partial charge in [-0.05, 0) is 16.3 Å². The maximum Gasteiger partial charge on any atom is 0.195 e. The van der Waals surface area contributed by atoms with Crippen molar-refractivity contribution in [2.24, 2.45) is 0 Å². The van der Waals surface area contributed by atoms with Crippen LogP contribution in [0.15, 0.2) is 36.4 Å². The Balaban J connectivity index is 2.56. The molecule has 0 saturated heterocycles. The first-order valence-corrected chi connectivity index (χ1v) is 6.16. The Kier molecular flexibility index (Phi) is 1.86. The van der Waals surface area contributed by atoms with Crippen LogP contribution in [0.3, 0.4) is 0 Å². The van der Waals surface area contributed by atoms with E-state index in [9.17, 15) is 4.79 Å². The summed E-state index contributed by atoms with van der Waals surface area (Å²) in [6.07, 6.45) is 0. The van der Waals surface area contributed by atoms with Crippen molar-refractivity contribution in [2.75, 3.05) is 0 Å². The molecule has 0 bridgehead atoms. The summed E-state index contributed by atoms with van der Waals surface area (Å²) in [4.78, 5) is 12.1. The fourth-order valence-electron chi connectivity index (χ4n) is 2.08. The topological polar surface area (TPSA) is 17.1 Å². The molecule has 0 atom stereocenters. The van der Waals surface area contributed by atoms with Crippen LogP contribution >= 0.6 is 31.9 Å². The average molecular weight is 326 g/mol. The van der Waals surface area contributed by atoms with Gasteiger partial charge < -0.3 is 0 Å². The van der Waals surface area contributed by atoms with E-state index in [0.717, 1.165) is 21.9 Å². The zero-order valence-corrected chi connectivity index (χ0v) is 10.8. The lowest BCUT2D eigenvalue weighted by molar-refractivity contribution is 0.0990. The minimum absolute atomic E-state index is 0.0781.